The lowest BCUT2D eigenvalue weighted by molar-refractivity contribution is 0.102. The maximum Gasteiger partial charge on any atom is 0.275 e. The Morgan fingerprint density at radius 3 is 3.00 bits per heavy atom. The molecule has 0 aliphatic carbocycles. The van der Waals surface area contributed by atoms with E-state index in [0.717, 1.165) is 0 Å². The van der Waals surface area contributed by atoms with Gasteiger partial charge in [0, 0.05) is 19.4 Å². The largest absolute Gasteiger partial charge is 0.340 e. The normalized spacial score (nSPS) is 10.1. The predicted molar refractivity (Wildman–Crippen MR) is 60.4 cm³/mol. The second kappa shape index (κ2) is 4.32. The van der Waals surface area contributed by atoms with Gasteiger partial charge in [-0.25, -0.2) is 4.98 Å². The Morgan fingerprint density at radius 1 is 1.56 bits per heavy atom. The number of carbonyl (C=O) groups is 1. The van der Waals surface area contributed by atoms with E-state index in [4.69, 9.17) is 11.6 Å². The van der Waals surface area contributed by atoms with Crippen LogP contribution in [0.1, 0.15) is 10.5 Å². The zero-order valence-corrected chi connectivity index (χ0v) is 9.27. The van der Waals surface area contributed by atoms with Gasteiger partial charge in [-0.2, -0.15) is 0 Å². The van der Waals surface area contributed by atoms with Crippen molar-refractivity contribution < 1.29 is 4.79 Å². The maximum absolute atomic E-state index is 11.7. The Bertz CT molecular complexity index is 523. The summed E-state index contributed by atoms with van der Waals surface area (Å²) in [5.74, 6) is -0.310. The second-order valence-electron chi connectivity index (χ2n) is 3.23. The molecule has 0 spiro atoms. The first-order valence-electron chi connectivity index (χ1n) is 4.55. The standard InChI is InChI=1S/C10H9ClN4O/c1-15-5-9(13-6-15)10(16)14-8-4-12-3-2-7(8)11/h2-6H,1H3,(H,14,16). The number of hydrogen-bond donors (Lipinski definition) is 1. The SMILES string of the molecule is Cn1cnc(C(=O)Nc2cnccc2Cl)c1. The van der Waals surface area contributed by atoms with E-state index in [1.807, 2.05) is 0 Å². The highest BCUT2D eigenvalue weighted by atomic mass is 35.5. The van der Waals surface area contributed by atoms with Crippen LogP contribution in [0.25, 0.3) is 0 Å². The predicted octanol–water partition coefficient (Wildman–Crippen LogP) is 1.72. The van der Waals surface area contributed by atoms with Crippen LogP contribution in [-0.2, 0) is 7.05 Å². The number of imidazole rings is 1. The fourth-order valence-electron chi connectivity index (χ4n) is 1.19. The molecule has 0 aliphatic rings. The quantitative estimate of drug-likeness (QED) is 0.864. The molecule has 2 aromatic rings. The van der Waals surface area contributed by atoms with Gasteiger partial charge in [0.1, 0.15) is 5.69 Å². The Hall–Kier alpha value is -1.88. The Morgan fingerprint density at radius 2 is 2.38 bits per heavy atom. The van der Waals surface area contributed by atoms with E-state index in [2.05, 4.69) is 15.3 Å². The van der Waals surface area contributed by atoms with Gasteiger partial charge in [0.05, 0.1) is 23.2 Å². The number of carbonyl (C=O) groups excluding carboxylic acids is 1. The third-order valence-electron chi connectivity index (χ3n) is 1.95. The highest BCUT2D eigenvalue weighted by Gasteiger charge is 2.10. The molecule has 1 N–H and O–H groups in total. The van der Waals surface area contributed by atoms with Gasteiger partial charge in [-0.1, -0.05) is 11.6 Å². The number of rotatable bonds is 2. The fourth-order valence-corrected chi connectivity index (χ4v) is 1.34. The summed E-state index contributed by atoms with van der Waals surface area (Å²) >= 11 is 5.88. The van der Waals surface area contributed by atoms with Crippen molar-refractivity contribution in [1.82, 2.24) is 14.5 Å². The molecule has 6 heteroatoms. The van der Waals surface area contributed by atoms with Crippen molar-refractivity contribution in [2.24, 2.45) is 7.05 Å². The summed E-state index contributed by atoms with van der Waals surface area (Å²) in [5, 5.41) is 3.07. The highest BCUT2D eigenvalue weighted by Crippen LogP contribution is 2.19. The smallest absolute Gasteiger partial charge is 0.275 e. The van der Waals surface area contributed by atoms with Crippen molar-refractivity contribution in [2.75, 3.05) is 5.32 Å². The monoisotopic (exact) mass is 236 g/mol. The molecule has 2 rings (SSSR count). The van der Waals surface area contributed by atoms with E-state index < -0.39 is 0 Å². The number of hydrogen-bond acceptors (Lipinski definition) is 3. The molecule has 0 aliphatic heterocycles. The maximum atomic E-state index is 11.7. The minimum absolute atomic E-state index is 0.310. The molecule has 0 bridgehead atoms. The van der Waals surface area contributed by atoms with Crippen LogP contribution in [0, 0.1) is 0 Å². The number of aromatic nitrogens is 3. The first kappa shape index (κ1) is 10.6. The summed E-state index contributed by atoms with van der Waals surface area (Å²) < 4.78 is 1.69. The molecule has 5 nitrogen and oxygen atoms in total. The lowest BCUT2D eigenvalue weighted by atomic mass is 10.4. The van der Waals surface area contributed by atoms with E-state index in [0.29, 0.717) is 16.4 Å². The van der Waals surface area contributed by atoms with Crippen LogP contribution in [0.5, 0.6) is 0 Å². The van der Waals surface area contributed by atoms with Crippen molar-refractivity contribution >= 4 is 23.2 Å². The summed E-state index contributed by atoms with van der Waals surface area (Å²) in [5.41, 5.74) is 0.808. The zero-order chi connectivity index (χ0) is 11.5. The van der Waals surface area contributed by atoms with Crippen LogP contribution < -0.4 is 5.32 Å². The molecule has 0 saturated carbocycles. The van der Waals surface area contributed by atoms with Crippen LogP contribution in [0.3, 0.4) is 0 Å². The van der Waals surface area contributed by atoms with Crippen molar-refractivity contribution in [3.63, 3.8) is 0 Å². The molecule has 0 radical (unpaired) electrons. The van der Waals surface area contributed by atoms with Crippen LogP contribution in [0.4, 0.5) is 5.69 Å². The number of nitrogens with zero attached hydrogens (tertiary/aromatic N) is 3. The first-order valence-corrected chi connectivity index (χ1v) is 4.93. The fraction of sp³-hybridized carbons (Fsp3) is 0.100. The van der Waals surface area contributed by atoms with E-state index >= 15 is 0 Å². The average molecular weight is 237 g/mol. The number of anilines is 1. The molecule has 2 heterocycles. The van der Waals surface area contributed by atoms with Gasteiger partial charge in [-0.15, -0.1) is 0 Å². The topological polar surface area (TPSA) is 59.8 Å². The van der Waals surface area contributed by atoms with Gasteiger partial charge in [-0.05, 0) is 6.07 Å². The van der Waals surface area contributed by atoms with E-state index in [1.54, 1.807) is 36.4 Å². The Balaban J connectivity index is 2.17. The molecule has 0 saturated heterocycles. The van der Waals surface area contributed by atoms with Gasteiger partial charge in [0.15, 0.2) is 0 Å². The minimum Gasteiger partial charge on any atom is -0.340 e. The lowest BCUT2D eigenvalue weighted by Gasteiger charge is -2.03. The molecule has 16 heavy (non-hydrogen) atoms. The van der Waals surface area contributed by atoms with E-state index in [9.17, 15) is 4.79 Å². The van der Waals surface area contributed by atoms with Gasteiger partial charge in [0.25, 0.3) is 5.91 Å². The first-order chi connectivity index (χ1) is 7.66. The van der Waals surface area contributed by atoms with Gasteiger partial charge < -0.3 is 9.88 Å². The molecule has 0 atom stereocenters. The molecule has 0 unspecified atom stereocenters. The van der Waals surface area contributed by atoms with Gasteiger partial charge in [0.2, 0.25) is 0 Å². The summed E-state index contributed by atoms with van der Waals surface area (Å²) in [6, 6.07) is 1.61. The highest BCUT2D eigenvalue weighted by molar-refractivity contribution is 6.33. The van der Waals surface area contributed by atoms with Crippen LogP contribution in [0.15, 0.2) is 31.0 Å². The zero-order valence-electron chi connectivity index (χ0n) is 8.51. The minimum atomic E-state index is -0.310. The van der Waals surface area contributed by atoms with E-state index in [-0.39, 0.29) is 5.91 Å². The molecule has 82 valence electrons. The van der Waals surface area contributed by atoms with Crippen LogP contribution in [0.2, 0.25) is 5.02 Å². The molecule has 0 aromatic carbocycles. The van der Waals surface area contributed by atoms with Gasteiger partial charge >= 0.3 is 0 Å². The van der Waals surface area contributed by atoms with E-state index in [1.165, 1.54) is 6.20 Å². The molecule has 2 aromatic heterocycles. The Kier molecular flexibility index (Phi) is 2.87. The number of aryl methyl sites for hydroxylation is 1. The summed E-state index contributed by atoms with van der Waals surface area (Å²) in [7, 11) is 1.79. The lowest BCUT2D eigenvalue weighted by Crippen LogP contribution is -2.12. The molecule has 0 fully saturated rings. The number of nitrogens with one attached hydrogen (secondary N) is 1. The molecular weight excluding hydrogens is 228 g/mol. The van der Waals surface area contributed by atoms with Crippen LogP contribution in [-0.4, -0.2) is 20.4 Å². The molecular formula is C10H9ClN4O. The van der Waals surface area contributed by atoms with Gasteiger partial charge in [-0.3, -0.25) is 9.78 Å². The van der Waals surface area contributed by atoms with Crippen molar-refractivity contribution in [3.05, 3.63) is 41.7 Å². The number of pyridine rings is 1. The van der Waals surface area contributed by atoms with Crippen LogP contribution >= 0.6 is 11.6 Å². The average Bonchev–Trinajstić information content (AvgIpc) is 2.68. The number of amides is 1. The van der Waals surface area contributed by atoms with Crippen molar-refractivity contribution in [3.8, 4) is 0 Å². The van der Waals surface area contributed by atoms with Crippen molar-refractivity contribution in [2.45, 2.75) is 0 Å². The summed E-state index contributed by atoms with van der Waals surface area (Å²) in [4.78, 5) is 19.5. The number of halogens is 1. The second-order valence-corrected chi connectivity index (χ2v) is 3.64. The molecule has 1 amide bonds. The Labute approximate surface area is 97.1 Å². The third kappa shape index (κ3) is 2.20. The summed E-state index contributed by atoms with van der Waals surface area (Å²) in [6.45, 7) is 0. The van der Waals surface area contributed by atoms with Crippen molar-refractivity contribution in [1.29, 1.82) is 0 Å². The third-order valence-corrected chi connectivity index (χ3v) is 2.28. The summed E-state index contributed by atoms with van der Waals surface area (Å²) in [6.07, 6.45) is 6.22.